The first-order valence-corrected chi connectivity index (χ1v) is 22.4. The molecule has 5 rings (SSSR count). The number of nitrogens with zero attached hydrogens (tertiary/aromatic N) is 2. The highest BCUT2D eigenvalue weighted by molar-refractivity contribution is 7.26. The largest absolute Gasteiger partial charge is 0.235 e. The highest BCUT2D eigenvalue weighted by Gasteiger charge is 2.19. The lowest BCUT2D eigenvalue weighted by atomic mass is 9.95. The van der Waals surface area contributed by atoms with Crippen LogP contribution < -0.4 is 0 Å². The maximum Gasteiger partial charge on any atom is 0.134 e. The van der Waals surface area contributed by atoms with Crippen LogP contribution in [0.4, 0.5) is 0 Å². The van der Waals surface area contributed by atoms with Gasteiger partial charge in [0, 0.05) is 0 Å². The Kier molecular flexibility index (Phi) is 15.7. The average molecular weight is 707 g/mol. The number of unbranched alkanes of at least 4 members (excludes halogenated alkanes) is 17. The lowest BCUT2D eigenvalue weighted by Gasteiger charge is -2.12. The fraction of sp³-hybridized carbons (Fsp3) is 0.610. The Balaban J connectivity index is 1.13. The molecule has 5 aromatic rings. The molecule has 1 aromatic carbocycles. The number of fused-ring (bicyclic) bond motifs is 2. The number of hydrogen-bond acceptors (Lipinski definition) is 6. The zero-order valence-electron chi connectivity index (χ0n) is 29.4. The fourth-order valence-electron chi connectivity index (χ4n) is 6.86. The number of benzene rings is 1. The van der Waals surface area contributed by atoms with Gasteiger partial charge >= 0.3 is 0 Å². The van der Waals surface area contributed by atoms with Gasteiger partial charge in [-0.1, -0.05) is 136 Å². The Morgan fingerprint density at radius 1 is 0.553 bits per heavy atom. The molecule has 0 fully saturated rings. The van der Waals surface area contributed by atoms with Crippen LogP contribution in [0.1, 0.15) is 166 Å². The van der Waals surface area contributed by atoms with Crippen molar-refractivity contribution < 1.29 is 0 Å². The molecule has 1 unspecified atom stereocenters. The summed E-state index contributed by atoms with van der Waals surface area (Å²) in [5, 5.41) is 6.89. The second kappa shape index (κ2) is 20.2. The van der Waals surface area contributed by atoms with Crippen LogP contribution in [0.5, 0.6) is 0 Å². The molecule has 0 saturated heterocycles. The number of aromatic nitrogens is 2. The van der Waals surface area contributed by atoms with Crippen molar-refractivity contribution in [1.82, 2.24) is 9.97 Å². The molecule has 47 heavy (non-hydrogen) atoms. The van der Waals surface area contributed by atoms with Crippen molar-refractivity contribution in [2.75, 3.05) is 0 Å². The molecule has 256 valence electrons. The molecule has 0 amide bonds. The molecule has 0 N–H and O–H groups in total. The van der Waals surface area contributed by atoms with Gasteiger partial charge in [0.2, 0.25) is 0 Å². The molecule has 0 bridgehead atoms. The van der Waals surface area contributed by atoms with E-state index in [1.54, 1.807) is 0 Å². The van der Waals surface area contributed by atoms with E-state index in [9.17, 15) is 0 Å². The molecule has 4 heterocycles. The van der Waals surface area contributed by atoms with Gasteiger partial charge in [0.1, 0.15) is 10.0 Å². The molecule has 1 atom stereocenters. The van der Waals surface area contributed by atoms with E-state index in [0.717, 1.165) is 11.0 Å². The summed E-state index contributed by atoms with van der Waals surface area (Å²) >= 11 is 7.41. The van der Waals surface area contributed by atoms with Gasteiger partial charge in [0.05, 0.1) is 30.2 Å². The van der Waals surface area contributed by atoms with Crippen molar-refractivity contribution in [1.29, 1.82) is 0 Å². The summed E-state index contributed by atoms with van der Waals surface area (Å²) in [5.41, 5.74) is 5.22. The molecule has 0 aliphatic carbocycles. The number of hydrogen-bond donors (Lipinski definition) is 0. The predicted octanol–water partition coefficient (Wildman–Crippen LogP) is 15.9. The third-order valence-corrected chi connectivity index (χ3v) is 14.0. The minimum Gasteiger partial charge on any atom is -0.235 e. The zero-order valence-corrected chi connectivity index (χ0v) is 32.7. The highest BCUT2D eigenvalue weighted by Crippen LogP contribution is 2.42. The lowest BCUT2D eigenvalue weighted by Crippen LogP contribution is -1.94. The third kappa shape index (κ3) is 10.9. The van der Waals surface area contributed by atoms with Gasteiger partial charge in [-0.25, -0.2) is 9.97 Å². The number of thiophene rings is 2. The van der Waals surface area contributed by atoms with Crippen molar-refractivity contribution in [2.24, 2.45) is 0 Å². The fourth-order valence-corrected chi connectivity index (χ4v) is 11.0. The van der Waals surface area contributed by atoms with E-state index in [2.05, 4.69) is 55.8 Å². The van der Waals surface area contributed by atoms with Crippen LogP contribution in [-0.4, -0.2) is 9.97 Å². The summed E-state index contributed by atoms with van der Waals surface area (Å²) in [6.45, 7) is 7.01. The third-order valence-electron chi connectivity index (χ3n) is 9.80. The topological polar surface area (TPSA) is 25.8 Å². The number of thiazole rings is 2. The van der Waals surface area contributed by atoms with Crippen molar-refractivity contribution in [3.05, 3.63) is 46.2 Å². The van der Waals surface area contributed by atoms with Crippen LogP contribution >= 0.6 is 45.3 Å². The Morgan fingerprint density at radius 2 is 1.02 bits per heavy atom. The maximum atomic E-state index is 5.19. The standard InChI is InChI=1S/C41H58N2S4/c1-4-6-8-10-12-14-16-18-20-22-24-32-25-27-44-38(32)40-42-34-29-37-35(30-36(34)46-40)43-41(47-37)39-33(26-28-45-39)31(3)23-21-19-17-15-13-11-9-7-5-2/h25-31H,4-24H2,1-3H3. The van der Waals surface area contributed by atoms with E-state index in [-0.39, 0.29) is 0 Å². The summed E-state index contributed by atoms with van der Waals surface area (Å²) in [5.74, 6) is 0.584. The minimum atomic E-state index is 0.584. The summed E-state index contributed by atoms with van der Waals surface area (Å²) in [7, 11) is 0. The van der Waals surface area contributed by atoms with Crippen LogP contribution in [0.3, 0.4) is 0 Å². The van der Waals surface area contributed by atoms with E-state index >= 15 is 0 Å². The SMILES string of the molecule is CCCCCCCCCCCCc1ccsc1-c1nc2cc3sc(-c4sccc4C(C)CCCCCCCCCCC)nc3cc2s1. The van der Waals surface area contributed by atoms with Gasteiger partial charge in [-0.2, -0.15) is 0 Å². The Labute approximate surface area is 301 Å². The number of rotatable bonds is 24. The monoisotopic (exact) mass is 706 g/mol. The van der Waals surface area contributed by atoms with Gasteiger partial charge in [-0.05, 0) is 71.3 Å². The van der Waals surface area contributed by atoms with Gasteiger partial charge < -0.3 is 0 Å². The second-order valence-corrected chi connectivity index (χ2v) is 17.6. The molecule has 0 aliphatic heterocycles. The zero-order chi connectivity index (χ0) is 32.7. The number of aryl methyl sites for hydroxylation is 1. The predicted molar refractivity (Wildman–Crippen MR) is 215 cm³/mol. The molecular weight excluding hydrogens is 649 g/mol. The van der Waals surface area contributed by atoms with E-state index in [4.69, 9.17) is 9.97 Å². The van der Waals surface area contributed by atoms with Crippen molar-refractivity contribution in [3.63, 3.8) is 0 Å². The molecule has 0 aliphatic rings. The van der Waals surface area contributed by atoms with E-state index in [1.807, 2.05) is 45.3 Å². The first-order valence-electron chi connectivity index (χ1n) is 19.0. The smallest absolute Gasteiger partial charge is 0.134 e. The summed E-state index contributed by atoms with van der Waals surface area (Å²) in [6.07, 6.45) is 28.8. The molecule has 2 nitrogen and oxygen atoms in total. The van der Waals surface area contributed by atoms with E-state index in [1.165, 1.54) is 175 Å². The van der Waals surface area contributed by atoms with Crippen molar-refractivity contribution >= 4 is 65.8 Å². The normalized spacial score (nSPS) is 12.6. The van der Waals surface area contributed by atoms with Gasteiger partial charge in [0.15, 0.2) is 0 Å². The summed E-state index contributed by atoms with van der Waals surface area (Å²) in [4.78, 5) is 13.1. The quantitative estimate of drug-likeness (QED) is 0.0597. The summed E-state index contributed by atoms with van der Waals surface area (Å²) in [6, 6.07) is 9.27. The molecule has 6 heteroatoms. The molecule has 0 spiro atoms. The highest BCUT2D eigenvalue weighted by atomic mass is 32.1. The first-order chi connectivity index (χ1) is 23.2. The van der Waals surface area contributed by atoms with Crippen LogP contribution in [0, 0.1) is 0 Å². The van der Waals surface area contributed by atoms with Crippen LogP contribution in [-0.2, 0) is 6.42 Å². The van der Waals surface area contributed by atoms with Gasteiger partial charge in [-0.15, -0.1) is 45.3 Å². The maximum absolute atomic E-state index is 5.19. The van der Waals surface area contributed by atoms with E-state index < -0.39 is 0 Å². The lowest BCUT2D eigenvalue weighted by molar-refractivity contribution is 0.539. The summed E-state index contributed by atoms with van der Waals surface area (Å²) < 4.78 is 2.51. The van der Waals surface area contributed by atoms with Crippen molar-refractivity contribution in [3.8, 4) is 19.8 Å². The Bertz CT molecular complexity index is 1540. The van der Waals surface area contributed by atoms with Crippen LogP contribution in [0.25, 0.3) is 40.2 Å². The first kappa shape index (κ1) is 36.7. The van der Waals surface area contributed by atoms with Gasteiger partial charge in [0.25, 0.3) is 0 Å². The molecular formula is C41H58N2S4. The minimum absolute atomic E-state index is 0.584. The molecule has 0 saturated carbocycles. The van der Waals surface area contributed by atoms with Gasteiger partial charge in [-0.3, -0.25) is 0 Å². The van der Waals surface area contributed by atoms with Crippen LogP contribution in [0.2, 0.25) is 0 Å². The van der Waals surface area contributed by atoms with E-state index in [0.29, 0.717) is 5.92 Å². The van der Waals surface area contributed by atoms with Crippen molar-refractivity contribution in [2.45, 2.75) is 162 Å². The molecule has 4 aromatic heterocycles. The Morgan fingerprint density at radius 3 is 1.60 bits per heavy atom. The van der Waals surface area contributed by atoms with Crippen LogP contribution in [0.15, 0.2) is 35.0 Å². The second-order valence-electron chi connectivity index (χ2n) is 13.8. The Hall–Kier alpha value is -1.60. The average Bonchev–Trinajstić information content (AvgIpc) is 3.89. The molecule has 0 radical (unpaired) electrons.